The Balaban J connectivity index is 1.99. The van der Waals surface area contributed by atoms with E-state index in [1.165, 1.54) is 12.0 Å². The fraction of sp³-hybridized carbons (Fsp3) is 0.611. The summed E-state index contributed by atoms with van der Waals surface area (Å²) in [5.74, 6) is 1.17. The van der Waals surface area contributed by atoms with Gasteiger partial charge in [-0.05, 0) is 41.4 Å². The Labute approximate surface area is 128 Å². The van der Waals surface area contributed by atoms with E-state index < -0.39 is 0 Å². The van der Waals surface area contributed by atoms with Crippen molar-refractivity contribution >= 4 is 11.7 Å². The number of hydrogen-bond donors (Lipinski definition) is 1. The fourth-order valence-corrected chi connectivity index (χ4v) is 3.08. The van der Waals surface area contributed by atoms with Gasteiger partial charge in [0.05, 0.1) is 0 Å². The number of amides is 2. The first kappa shape index (κ1) is 15.9. The number of piperidine rings is 1. The highest BCUT2D eigenvalue weighted by Gasteiger charge is 2.25. The zero-order chi connectivity index (χ0) is 15.6. The smallest absolute Gasteiger partial charge is 0.321 e. The van der Waals surface area contributed by atoms with Crippen molar-refractivity contribution < 1.29 is 4.79 Å². The Kier molecular flexibility index (Phi) is 4.60. The van der Waals surface area contributed by atoms with Crippen LogP contribution in [-0.2, 0) is 5.41 Å². The largest absolute Gasteiger partial charge is 0.324 e. The van der Waals surface area contributed by atoms with Crippen LogP contribution in [0.15, 0.2) is 24.3 Å². The third kappa shape index (κ3) is 4.23. The summed E-state index contributed by atoms with van der Waals surface area (Å²) in [5.41, 5.74) is 2.29. The number of hydrogen-bond acceptors (Lipinski definition) is 1. The Bertz CT molecular complexity index is 477. The van der Waals surface area contributed by atoms with Gasteiger partial charge < -0.3 is 10.2 Å². The van der Waals surface area contributed by atoms with Crippen molar-refractivity contribution in [2.24, 2.45) is 11.8 Å². The molecule has 0 spiro atoms. The molecule has 3 nitrogen and oxygen atoms in total. The summed E-state index contributed by atoms with van der Waals surface area (Å²) in [7, 11) is 0. The maximum Gasteiger partial charge on any atom is 0.321 e. The number of nitrogens with zero attached hydrogens (tertiary/aromatic N) is 1. The van der Waals surface area contributed by atoms with Crippen molar-refractivity contribution in [2.45, 2.75) is 46.5 Å². The summed E-state index contributed by atoms with van der Waals surface area (Å²) < 4.78 is 0. The van der Waals surface area contributed by atoms with Crippen LogP contribution < -0.4 is 5.32 Å². The van der Waals surface area contributed by atoms with Crippen LogP contribution in [0.4, 0.5) is 10.5 Å². The second kappa shape index (κ2) is 6.08. The van der Waals surface area contributed by atoms with Crippen LogP contribution >= 0.6 is 0 Å². The van der Waals surface area contributed by atoms with Gasteiger partial charge >= 0.3 is 6.03 Å². The maximum atomic E-state index is 12.4. The Morgan fingerprint density at radius 1 is 1.10 bits per heavy atom. The molecule has 2 unspecified atom stereocenters. The van der Waals surface area contributed by atoms with Crippen molar-refractivity contribution in [1.82, 2.24) is 4.90 Å². The second-order valence-corrected chi connectivity index (χ2v) is 7.61. The molecule has 1 aromatic carbocycles. The first-order chi connectivity index (χ1) is 9.75. The molecule has 0 aliphatic carbocycles. The van der Waals surface area contributed by atoms with E-state index >= 15 is 0 Å². The van der Waals surface area contributed by atoms with Crippen LogP contribution in [0.1, 0.15) is 46.6 Å². The number of carbonyl (C=O) groups is 1. The predicted octanol–water partition coefficient (Wildman–Crippen LogP) is 4.49. The molecule has 21 heavy (non-hydrogen) atoms. The molecule has 3 heteroatoms. The van der Waals surface area contributed by atoms with Gasteiger partial charge in [-0.2, -0.15) is 0 Å². The predicted molar refractivity (Wildman–Crippen MR) is 88.7 cm³/mol. The number of urea groups is 1. The number of nitrogens with one attached hydrogen (secondary N) is 1. The van der Waals surface area contributed by atoms with Gasteiger partial charge in [0.1, 0.15) is 0 Å². The average Bonchev–Trinajstić information content (AvgIpc) is 2.37. The molecular formula is C18H28N2O. The summed E-state index contributed by atoms with van der Waals surface area (Å²) in [4.78, 5) is 14.3. The van der Waals surface area contributed by atoms with E-state index in [2.05, 4.69) is 52.1 Å². The summed E-state index contributed by atoms with van der Waals surface area (Å²) in [5, 5.41) is 3.02. The van der Waals surface area contributed by atoms with Gasteiger partial charge in [0.15, 0.2) is 0 Å². The summed E-state index contributed by atoms with van der Waals surface area (Å²) in [6.07, 6.45) is 1.21. The van der Waals surface area contributed by atoms with Gasteiger partial charge in [0.2, 0.25) is 0 Å². The average molecular weight is 288 g/mol. The minimum Gasteiger partial charge on any atom is -0.324 e. The molecule has 0 aromatic heterocycles. The van der Waals surface area contributed by atoms with Crippen LogP contribution in [0.2, 0.25) is 0 Å². The van der Waals surface area contributed by atoms with Gasteiger partial charge in [-0.15, -0.1) is 0 Å². The molecule has 1 fully saturated rings. The zero-order valence-electron chi connectivity index (χ0n) is 13.9. The molecule has 1 aliphatic rings. The first-order valence-electron chi connectivity index (χ1n) is 7.92. The highest BCUT2D eigenvalue weighted by atomic mass is 16.2. The van der Waals surface area contributed by atoms with Crippen molar-refractivity contribution in [1.29, 1.82) is 0 Å². The standard InChI is InChI=1S/C18H28N2O/c1-13-10-14(2)12-20(11-13)17(21)19-16-8-6-15(7-9-16)18(3,4)5/h6-9,13-14H,10-12H2,1-5H3,(H,19,21). The number of rotatable bonds is 1. The van der Waals surface area contributed by atoms with Crippen LogP contribution in [0.25, 0.3) is 0 Å². The molecule has 0 bridgehead atoms. The maximum absolute atomic E-state index is 12.4. The molecular weight excluding hydrogens is 260 g/mol. The molecule has 2 atom stereocenters. The lowest BCUT2D eigenvalue weighted by Gasteiger charge is -2.35. The highest BCUT2D eigenvalue weighted by molar-refractivity contribution is 5.89. The van der Waals surface area contributed by atoms with E-state index in [-0.39, 0.29) is 11.4 Å². The lowest BCUT2D eigenvalue weighted by molar-refractivity contribution is 0.156. The van der Waals surface area contributed by atoms with Crippen molar-refractivity contribution in [3.63, 3.8) is 0 Å². The molecule has 1 saturated heterocycles. The van der Waals surface area contributed by atoms with E-state index in [1.807, 2.05) is 17.0 Å². The van der Waals surface area contributed by atoms with E-state index in [0.717, 1.165) is 18.8 Å². The summed E-state index contributed by atoms with van der Waals surface area (Å²) >= 11 is 0. The fourth-order valence-electron chi connectivity index (χ4n) is 3.08. The van der Waals surface area contributed by atoms with E-state index in [9.17, 15) is 4.79 Å². The summed E-state index contributed by atoms with van der Waals surface area (Å²) in [6, 6.07) is 8.20. The van der Waals surface area contributed by atoms with Gasteiger partial charge in [-0.25, -0.2) is 4.79 Å². The minimum atomic E-state index is 0.0249. The van der Waals surface area contributed by atoms with Crippen molar-refractivity contribution in [3.05, 3.63) is 29.8 Å². The van der Waals surface area contributed by atoms with Gasteiger partial charge in [-0.3, -0.25) is 0 Å². The van der Waals surface area contributed by atoms with Crippen molar-refractivity contribution in [3.8, 4) is 0 Å². The van der Waals surface area contributed by atoms with Crippen LogP contribution in [-0.4, -0.2) is 24.0 Å². The first-order valence-corrected chi connectivity index (χ1v) is 7.92. The molecule has 2 rings (SSSR count). The van der Waals surface area contributed by atoms with E-state index in [1.54, 1.807) is 0 Å². The third-order valence-electron chi connectivity index (χ3n) is 4.16. The van der Waals surface area contributed by atoms with Crippen molar-refractivity contribution in [2.75, 3.05) is 18.4 Å². The highest BCUT2D eigenvalue weighted by Crippen LogP contribution is 2.24. The number of likely N-dealkylation sites (tertiary alicyclic amines) is 1. The molecule has 0 radical (unpaired) electrons. The van der Waals surface area contributed by atoms with Crippen LogP contribution in [0.5, 0.6) is 0 Å². The summed E-state index contributed by atoms with van der Waals surface area (Å²) in [6.45, 7) is 12.7. The van der Waals surface area contributed by atoms with Gasteiger partial charge in [0.25, 0.3) is 0 Å². The second-order valence-electron chi connectivity index (χ2n) is 7.61. The Morgan fingerprint density at radius 3 is 2.10 bits per heavy atom. The molecule has 1 heterocycles. The molecule has 2 amide bonds. The molecule has 1 N–H and O–H groups in total. The minimum absolute atomic E-state index is 0.0249. The SMILES string of the molecule is CC1CC(C)CN(C(=O)Nc2ccc(C(C)(C)C)cc2)C1. The molecule has 1 aliphatic heterocycles. The Hall–Kier alpha value is -1.51. The van der Waals surface area contributed by atoms with E-state index in [0.29, 0.717) is 11.8 Å². The number of benzene rings is 1. The number of carbonyl (C=O) groups excluding carboxylic acids is 1. The normalized spacial score (nSPS) is 23.0. The lowest BCUT2D eigenvalue weighted by atomic mass is 9.87. The third-order valence-corrected chi connectivity index (χ3v) is 4.16. The topological polar surface area (TPSA) is 32.3 Å². The van der Waals surface area contributed by atoms with Gasteiger partial charge in [0, 0.05) is 18.8 Å². The number of anilines is 1. The van der Waals surface area contributed by atoms with Gasteiger partial charge in [-0.1, -0.05) is 46.8 Å². The monoisotopic (exact) mass is 288 g/mol. The zero-order valence-corrected chi connectivity index (χ0v) is 13.9. The van der Waals surface area contributed by atoms with E-state index in [4.69, 9.17) is 0 Å². The quantitative estimate of drug-likeness (QED) is 0.811. The Morgan fingerprint density at radius 2 is 1.62 bits per heavy atom. The molecule has 0 saturated carbocycles. The van der Waals surface area contributed by atoms with Crippen LogP contribution in [0, 0.1) is 11.8 Å². The van der Waals surface area contributed by atoms with Crippen LogP contribution in [0.3, 0.4) is 0 Å². The molecule has 1 aromatic rings. The molecule has 116 valence electrons. The lowest BCUT2D eigenvalue weighted by Crippen LogP contribution is -2.44.